The average Bonchev–Trinajstić information content (AvgIpc) is 3.07. The predicted molar refractivity (Wildman–Crippen MR) is 59.4 cm³/mol. The molecule has 0 spiro atoms. The molecule has 1 aromatic carbocycles. The molecule has 0 bridgehead atoms. The Hall–Kier alpha value is -1.52. The fourth-order valence-electron chi connectivity index (χ4n) is 2.18. The zero-order valence-corrected chi connectivity index (χ0v) is 10.0. The highest BCUT2D eigenvalue weighted by Crippen LogP contribution is 2.56. The van der Waals surface area contributed by atoms with Crippen LogP contribution in [0.1, 0.15) is 33.8 Å². The zero-order valence-electron chi connectivity index (χ0n) is 10.0. The lowest BCUT2D eigenvalue weighted by Crippen LogP contribution is -2.11. The van der Waals surface area contributed by atoms with E-state index in [-0.39, 0.29) is 6.42 Å². The van der Waals surface area contributed by atoms with Crippen LogP contribution in [0.5, 0.6) is 0 Å². The Morgan fingerprint density at radius 3 is 2.50 bits per heavy atom. The van der Waals surface area contributed by atoms with Crippen molar-refractivity contribution in [2.75, 3.05) is 7.11 Å². The van der Waals surface area contributed by atoms with Crippen LogP contribution in [-0.2, 0) is 4.74 Å². The topological polar surface area (TPSA) is 26.3 Å². The molecule has 1 aliphatic carbocycles. The molecule has 0 heterocycles. The van der Waals surface area contributed by atoms with E-state index in [0.29, 0.717) is 16.7 Å². The fraction of sp³-hybridized carbons (Fsp3) is 0.462. The Kier molecular flexibility index (Phi) is 3.09. The van der Waals surface area contributed by atoms with Crippen LogP contribution in [0.4, 0.5) is 13.2 Å². The molecule has 1 saturated carbocycles. The summed E-state index contributed by atoms with van der Waals surface area (Å²) in [6, 6.07) is 4.75. The number of carbonyl (C=O) groups is 1. The van der Waals surface area contributed by atoms with Crippen molar-refractivity contribution in [3.63, 3.8) is 0 Å². The summed E-state index contributed by atoms with van der Waals surface area (Å²) in [5.74, 6) is -2.17. The van der Waals surface area contributed by atoms with E-state index in [2.05, 4.69) is 4.74 Å². The molecular weight excluding hydrogens is 245 g/mol. The summed E-state index contributed by atoms with van der Waals surface area (Å²) in [5, 5.41) is 0. The van der Waals surface area contributed by atoms with Crippen molar-refractivity contribution in [3.05, 3.63) is 34.9 Å². The number of alkyl halides is 3. The van der Waals surface area contributed by atoms with Gasteiger partial charge in [0.1, 0.15) is 0 Å². The second-order valence-corrected chi connectivity index (χ2v) is 4.56. The monoisotopic (exact) mass is 258 g/mol. The Morgan fingerprint density at radius 2 is 2.06 bits per heavy atom. The van der Waals surface area contributed by atoms with E-state index in [9.17, 15) is 18.0 Å². The number of hydrogen-bond donors (Lipinski definition) is 0. The SMILES string of the molecule is COC(=O)c1ccc([C@H]2C[C@@H]2C(F)(F)F)cc1C. The predicted octanol–water partition coefficient (Wildman–Crippen LogP) is 3.45. The van der Waals surface area contributed by atoms with Crippen molar-refractivity contribution in [2.45, 2.75) is 25.4 Å². The number of methoxy groups -OCH3 is 1. The summed E-state index contributed by atoms with van der Waals surface area (Å²) in [5.41, 5.74) is 1.68. The van der Waals surface area contributed by atoms with Gasteiger partial charge in [0.15, 0.2) is 0 Å². The quantitative estimate of drug-likeness (QED) is 0.759. The molecule has 1 aliphatic rings. The largest absolute Gasteiger partial charge is 0.465 e. The second kappa shape index (κ2) is 4.30. The molecule has 0 amide bonds. The summed E-state index contributed by atoms with van der Waals surface area (Å²) in [6.07, 6.45) is -3.99. The smallest absolute Gasteiger partial charge is 0.392 e. The van der Waals surface area contributed by atoms with E-state index < -0.39 is 24.0 Å². The lowest BCUT2D eigenvalue weighted by molar-refractivity contribution is -0.148. The van der Waals surface area contributed by atoms with E-state index in [0.717, 1.165) is 0 Å². The van der Waals surface area contributed by atoms with Gasteiger partial charge in [-0.05, 0) is 36.5 Å². The van der Waals surface area contributed by atoms with Gasteiger partial charge in [-0.15, -0.1) is 0 Å². The van der Waals surface area contributed by atoms with Crippen LogP contribution < -0.4 is 0 Å². The molecule has 98 valence electrons. The first-order chi connectivity index (χ1) is 8.34. The highest BCUT2D eigenvalue weighted by atomic mass is 19.4. The van der Waals surface area contributed by atoms with E-state index >= 15 is 0 Å². The summed E-state index contributed by atoms with van der Waals surface area (Å²) < 4.78 is 42.0. The zero-order chi connectivity index (χ0) is 13.5. The lowest BCUT2D eigenvalue weighted by atomic mass is 10.0. The van der Waals surface area contributed by atoms with Gasteiger partial charge in [0.25, 0.3) is 0 Å². The Balaban J connectivity index is 2.19. The summed E-state index contributed by atoms with van der Waals surface area (Å²) in [7, 11) is 1.27. The number of halogens is 3. The van der Waals surface area contributed by atoms with Crippen molar-refractivity contribution < 1.29 is 22.7 Å². The van der Waals surface area contributed by atoms with Crippen LogP contribution in [0.2, 0.25) is 0 Å². The maximum absolute atomic E-state index is 12.5. The minimum absolute atomic E-state index is 0.139. The molecule has 0 unspecified atom stereocenters. The van der Waals surface area contributed by atoms with Crippen LogP contribution >= 0.6 is 0 Å². The maximum Gasteiger partial charge on any atom is 0.392 e. The first kappa shape index (κ1) is 12.9. The third-order valence-corrected chi connectivity index (χ3v) is 3.29. The van der Waals surface area contributed by atoms with Crippen molar-refractivity contribution >= 4 is 5.97 Å². The first-order valence-corrected chi connectivity index (χ1v) is 5.60. The van der Waals surface area contributed by atoms with Crippen molar-refractivity contribution in [3.8, 4) is 0 Å². The Labute approximate surface area is 103 Å². The number of esters is 1. The van der Waals surface area contributed by atoms with Gasteiger partial charge in [-0.3, -0.25) is 0 Å². The normalized spacial score (nSPS) is 22.7. The van der Waals surface area contributed by atoms with Crippen LogP contribution in [0.15, 0.2) is 18.2 Å². The highest BCUT2D eigenvalue weighted by molar-refractivity contribution is 5.91. The molecule has 0 saturated heterocycles. The van der Waals surface area contributed by atoms with E-state index in [1.807, 2.05) is 0 Å². The van der Waals surface area contributed by atoms with Crippen LogP contribution in [0.25, 0.3) is 0 Å². The minimum Gasteiger partial charge on any atom is -0.465 e. The molecule has 1 aromatic rings. The number of rotatable bonds is 2. The molecule has 0 aliphatic heterocycles. The molecule has 2 atom stereocenters. The third-order valence-electron chi connectivity index (χ3n) is 3.29. The molecule has 1 fully saturated rings. The van der Waals surface area contributed by atoms with Crippen molar-refractivity contribution in [1.82, 2.24) is 0 Å². The van der Waals surface area contributed by atoms with E-state index in [4.69, 9.17) is 0 Å². The second-order valence-electron chi connectivity index (χ2n) is 4.56. The molecule has 0 aromatic heterocycles. The Morgan fingerprint density at radius 1 is 1.39 bits per heavy atom. The van der Waals surface area contributed by atoms with E-state index in [1.54, 1.807) is 19.1 Å². The summed E-state index contributed by atoms with van der Waals surface area (Å²) in [6.45, 7) is 1.70. The Bertz CT molecular complexity index is 480. The average molecular weight is 258 g/mol. The summed E-state index contributed by atoms with van der Waals surface area (Å²) in [4.78, 5) is 11.4. The highest BCUT2D eigenvalue weighted by Gasteiger charge is 2.56. The lowest BCUT2D eigenvalue weighted by Gasteiger charge is -2.08. The number of carbonyl (C=O) groups excluding carboxylic acids is 1. The summed E-state index contributed by atoms with van der Waals surface area (Å²) >= 11 is 0. The molecule has 5 heteroatoms. The number of hydrogen-bond acceptors (Lipinski definition) is 2. The number of ether oxygens (including phenoxy) is 1. The molecule has 2 nitrogen and oxygen atoms in total. The standard InChI is InChI=1S/C13H13F3O2/c1-7-5-8(3-4-9(7)12(17)18-2)10-6-11(10)13(14,15)16/h3-5,10-11H,6H2,1-2H3/t10-,11+/m1/s1. The number of aryl methyl sites for hydroxylation is 1. The van der Waals surface area contributed by atoms with Crippen LogP contribution in [-0.4, -0.2) is 19.3 Å². The maximum atomic E-state index is 12.5. The van der Waals surface area contributed by atoms with Gasteiger partial charge in [-0.2, -0.15) is 13.2 Å². The van der Waals surface area contributed by atoms with E-state index in [1.165, 1.54) is 13.2 Å². The van der Waals surface area contributed by atoms with Gasteiger partial charge in [0.05, 0.1) is 18.6 Å². The van der Waals surface area contributed by atoms with Gasteiger partial charge in [-0.25, -0.2) is 4.79 Å². The van der Waals surface area contributed by atoms with Crippen LogP contribution in [0, 0.1) is 12.8 Å². The molecule has 0 radical (unpaired) electrons. The first-order valence-electron chi connectivity index (χ1n) is 5.60. The van der Waals surface area contributed by atoms with Gasteiger partial charge in [0.2, 0.25) is 0 Å². The molecular formula is C13H13F3O2. The molecule has 0 N–H and O–H groups in total. The molecule has 18 heavy (non-hydrogen) atoms. The van der Waals surface area contributed by atoms with Gasteiger partial charge in [-0.1, -0.05) is 12.1 Å². The van der Waals surface area contributed by atoms with Gasteiger partial charge in [0, 0.05) is 0 Å². The molecule has 2 rings (SSSR count). The minimum atomic E-state index is -4.13. The number of benzene rings is 1. The third kappa shape index (κ3) is 2.35. The van der Waals surface area contributed by atoms with Crippen LogP contribution in [0.3, 0.4) is 0 Å². The van der Waals surface area contributed by atoms with Crippen molar-refractivity contribution in [2.24, 2.45) is 5.92 Å². The van der Waals surface area contributed by atoms with Gasteiger partial charge < -0.3 is 4.74 Å². The van der Waals surface area contributed by atoms with Gasteiger partial charge >= 0.3 is 12.1 Å². The fourth-order valence-corrected chi connectivity index (χ4v) is 2.18. The van der Waals surface area contributed by atoms with Crippen molar-refractivity contribution in [1.29, 1.82) is 0 Å².